The van der Waals surface area contributed by atoms with Gasteiger partial charge in [0.05, 0.1) is 16.6 Å². The molecule has 0 spiro atoms. The minimum atomic E-state index is -0.938. The lowest BCUT2D eigenvalue weighted by Gasteiger charge is -1.99. The number of carbonyl (C=O) groups is 1. The fourth-order valence-electron chi connectivity index (χ4n) is 1.69. The second-order valence-electron chi connectivity index (χ2n) is 3.53. The van der Waals surface area contributed by atoms with E-state index in [1.54, 1.807) is 18.2 Å². The molecular formula is C11H11ClN2O2. The molecule has 1 aromatic carbocycles. The molecule has 0 amide bonds. The summed E-state index contributed by atoms with van der Waals surface area (Å²) in [4.78, 5) is 15.2. The topological polar surface area (TPSA) is 55.1 Å². The largest absolute Gasteiger partial charge is 0.478 e. The Morgan fingerprint density at radius 3 is 2.94 bits per heavy atom. The summed E-state index contributed by atoms with van der Waals surface area (Å²) in [7, 11) is 1.90. The van der Waals surface area contributed by atoms with Gasteiger partial charge in [-0.15, -0.1) is 11.6 Å². The zero-order chi connectivity index (χ0) is 11.7. The standard InChI is InChI=1S/C11H11ClN2O2/c1-14-9-3-2-7(11(15)16)6-8(9)13-10(14)4-5-12/h2-3,6H,4-5H2,1H3,(H,15,16). The van der Waals surface area contributed by atoms with E-state index >= 15 is 0 Å². The lowest BCUT2D eigenvalue weighted by molar-refractivity contribution is 0.0697. The fraction of sp³-hybridized carbons (Fsp3) is 0.273. The van der Waals surface area contributed by atoms with Crippen molar-refractivity contribution in [1.82, 2.24) is 9.55 Å². The highest BCUT2D eigenvalue weighted by atomic mass is 35.5. The summed E-state index contributed by atoms with van der Waals surface area (Å²) in [6, 6.07) is 4.93. The second kappa shape index (κ2) is 4.14. The van der Waals surface area contributed by atoms with Gasteiger partial charge in [0.1, 0.15) is 5.82 Å². The van der Waals surface area contributed by atoms with Crippen molar-refractivity contribution in [3.8, 4) is 0 Å². The third-order valence-electron chi connectivity index (χ3n) is 2.54. The molecule has 0 aliphatic carbocycles. The number of benzene rings is 1. The molecule has 0 unspecified atom stereocenters. The SMILES string of the molecule is Cn1c(CCCl)nc2cc(C(=O)O)ccc21. The highest BCUT2D eigenvalue weighted by Gasteiger charge is 2.10. The van der Waals surface area contributed by atoms with Crippen molar-refractivity contribution in [3.63, 3.8) is 0 Å². The van der Waals surface area contributed by atoms with E-state index in [0.29, 0.717) is 17.8 Å². The Kier molecular flexibility index (Phi) is 2.83. The lowest BCUT2D eigenvalue weighted by Crippen LogP contribution is -1.98. The smallest absolute Gasteiger partial charge is 0.335 e. The van der Waals surface area contributed by atoms with E-state index in [-0.39, 0.29) is 5.56 Å². The van der Waals surface area contributed by atoms with Crippen LogP contribution in [0.2, 0.25) is 0 Å². The van der Waals surface area contributed by atoms with Crippen LogP contribution < -0.4 is 0 Å². The van der Waals surface area contributed by atoms with Gasteiger partial charge in [-0.25, -0.2) is 9.78 Å². The molecule has 1 heterocycles. The molecule has 16 heavy (non-hydrogen) atoms. The van der Waals surface area contributed by atoms with Crippen molar-refractivity contribution >= 4 is 28.6 Å². The molecule has 4 nitrogen and oxygen atoms in total. The molecule has 84 valence electrons. The van der Waals surface area contributed by atoms with Gasteiger partial charge in [-0.05, 0) is 18.2 Å². The predicted octanol–water partition coefficient (Wildman–Crippen LogP) is 2.05. The van der Waals surface area contributed by atoms with Gasteiger partial charge in [0.15, 0.2) is 0 Å². The minimum absolute atomic E-state index is 0.253. The summed E-state index contributed by atoms with van der Waals surface area (Å²) in [5, 5.41) is 8.87. The predicted molar refractivity (Wildman–Crippen MR) is 62.1 cm³/mol. The van der Waals surface area contributed by atoms with E-state index in [2.05, 4.69) is 4.98 Å². The zero-order valence-corrected chi connectivity index (χ0v) is 9.53. The normalized spacial score (nSPS) is 10.9. The van der Waals surface area contributed by atoms with Crippen LogP contribution in [0.3, 0.4) is 0 Å². The van der Waals surface area contributed by atoms with Crippen LogP contribution in [0.15, 0.2) is 18.2 Å². The lowest BCUT2D eigenvalue weighted by atomic mass is 10.2. The monoisotopic (exact) mass is 238 g/mol. The first kappa shape index (κ1) is 11.0. The average molecular weight is 239 g/mol. The van der Waals surface area contributed by atoms with Crippen LogP contribution in [0.4, 0.5) is 0 Å². The highest BCUT2D eigenvalue weighted by Crippen LogP contribution is 2.17. The number of nitrogens with zero attached hydrogens (tertiary/aromatic N) is 2. The van der Waals surface area contributed by atoms with E-state index in [4.69, 9.17) is 16.7 Å². The Balaban J connectivity index is 2.58. The van der Waals surface area contributed by atoms with Gasteiger partial charge >= 0.3 is 5.97 Å². The summed E-state index contributed by atoms with van der Waals surface area (Å²) in [6.07, 6.45) is 0.676. The Bertz CT molecular complexity index is 548. The molecule has 2 aromatic rings. The number of hydrogen-bond acceptors (Lipinski definition) is 2. The van der Waals surface area contributed by atoms with Crippen LogP contribution >= 0.6 is 11.6 Å². The molecule has 0 radical (unpaired) electrons. The van der Waals surface area contributed by atoms with Crippen molar-refractivity contribution < 1.29 is 9.90 Å². The van der Waals surface area contributed by atoms with Gasteiger partial charge in [0, 0.05) is 19.3 Å². The number of rotatable bonds is 3. The Morgan fingerprint density at radius 2 is 2.31 bits per heavy atom. The van der Waals surface area contributed by atoms with Gasteiger partial charge in [0.2, 0.25) is 0 Å². The quantitative estimate of drug-likeness (QED) is 0.833. The first-order valence-corrected chi connectivity index (χ1v) is 5.41. The molecule has 0 aliphatic heterocycles. The molecule has 5 heteroatoms. The van der Waals surface area contributed by atoms with Gasteiger partial charge in [-0.1, -0.05) is 0 Å². The van der Waals surface area contributed by atoms with E-state index in [9.17, 15) is 4.79 Å². The van der Waals surface area contributed by atoms with E-state index in [1.807, 2.05) is 11.6 Å². The molecule has 0 bridgehead atoms. The maximum absolute atomic E-state index is 10.8. The Hall–Kier alpha value is -1.55. The highest BCUT2D eigenvalue weighted by molar-refractivity contribution is 6.17. The second-order valence-corrected chi connectivity index (χ2v) is 3.91. The van der Waals surface area contributed by atoms with Crippen LogP contribution in [0.5, 0.6) is 0 Å². The Labute approximate surface area is 97.5 Å². The molecule has 0 saturated carbocycles. The van der Waals surface area contributed by atoms with Gasteiger partial charge in [-0.2, -0.15) is 0 Å². The van der Waals surface area contributed by atoms with Crippen molar-refractivity contribution in [1.29, 1.82) is 0 Å². The third kappa shape index (κ3) is 1.76. The zero-order valence-electron chi connectivity index (χ0n) is 8.77. The number of aryl methyl sites for hydroxylation is 2. The van der Waals surface area contributed by atoms with Gasteiger partial charge in [-0.3, -0.25) is 0 Å². The number of halogens is 1. The van der Waals surface area contributed by atoms with Crippen molar-refractivity contribution in [2.45, 2.75) is 6.42 Å². The first-order chi connectivity index (χ1) is 7.63. The first-order valence-electron chi connectivity index (χ1n) is 4.88. The molecule has 0 atom stereocenters. The van der Waals surface area contributed by atoms with Crippen LogP contribution in [0.1, 0.15) is 16.2 Å². The summed E-state index contributed by atoms with van der Waals surface area (Å²) >= 11 is 5.67. The number of imidazole rings is 1. The number of alkyl halides is 1. The summed E-state index contributed by atoms with van der Waals surface area (Å²) < 4.78 is 1.93. The number of aromatic carboxylic acids is 1. The number of fused-ring (bicyclic) bond motifs is 1. The fourth-order valence-corrected chi connectivity index (χ4v) is 1.86. The van der Waals surface area contributed by atoms with Crippen molar-refractivity contribution in [3.05, 3.63) is 29.6 Å². The van der Waals surface area contributed by atoms with Crippen LogP contribution in [-0.2, 0) is 13.5 Å². The molecular weight excluding hydrogens is 228 g/mol. The minimum Gasteiger partial charge on any atom is -0.478 e. The summed E-state index contributed by atoms with van der Waals surface area (Å²) in [5.41, 5.74) is 1.87. The van der Waals surface area contributed by atoms with E-state index < -0.39 is 5.97 Å². The maximum Gasteiger partial charge on any atom is 0.335 e. The van der Waals surface area contributed by atoms with Crippen molar-refractivity contribution in [2.24, 2.45) is 7.05 Å². The molecule has 1 aromatic heterocycles. The summed E-state index contributed by atoms with van der Waals surface area (Å²) in [6.45, 7) is 0. The van der Waals surface area contributed by atoms with Crippen molar-refractivity contribution in [2.75, 3.05) is 5.88 Å². The number of hydrogen-bond donors (Lipinski definition) is 1. The number of carboxylic acid groups (broad SMARTS) is 1. The van der Waals surface area contributed by atoms with Crippen LogP contribution in [-0.4, -0.2) is 26.5 Å². The van der Waals surface area contributed by atoms with Gasteiger partial charge < -0.3 is 9.67 Å². The van der Waals surface area contributed by atoms with E-state index in [1.165, 1.54) is 0 Å². The molecule has 0 saturated heterocycles. The van der Waals surface area contributed by atoms with Crippen LogP contribution in [0.25, 0.3) is 11.0 Å². The molecule has 1 N–H and O–H groups in total. The van der Waals surface area contributed by atoms with E-state index in [0.717, 1.165) is 11.3 Å². The molecule has 0 aliphatic rings. The number of carboxylic acids is 1. The number of aromatic nitrogens is 2. The van der Waals surface area contributed by atoms with Gasteiger partial charge in [0.25, 0.3) is 0 Å². The maximum atomic E-state index is 10.8. The Morgan fingerprint density at radius 1 is 1.56 bits per heavy atom. The summed E-state index contributed by atoms with van der Waals surface area (Å²) in [5.74, 6) is 0.433. The molecule has 0 fully saturated rings. The average Bonchev–Trinajstić information content (AvgIpc) is 2.56. The molecule has 2 rings (SSSR count). The van der Waals surface area contributed by atoms with Crippen LogP contribution in [0, 0.1) is 0 Å². The third-order valence-corrected chi connectivity index (χ3v) is 2.73.